The number of aliphatic hydroxyl groups is 1. The van der Waals surface area contributed by atoms with Gasteiger partial charge < -0.3 is 5.11 Å². The molecule has 0 fully saturated rings. The van der Waals surface area contributed by atoms with Crippen molar-refractivity contribution in [2.75, 3.05) is 13.1 Å². The van der Waals surface area contributed by atoms with Crippen LogP contribution < -0.4 is 0 Å². The van der Waals surface area contributed by atoms with Gasteiger partial charge in [0.1, 0.15) is 35.7 Å². The van der Waals surface area contributed by atoms with E-state index in [4.69, 9.17) is 4.98 Å². The summed E-state index contributed by atoms with van der Waals surface area (Å²) in [5, 5.41) is 20.6. The van der Waals surface area contributed by atoms with E-state index in [2.05, 4.69) is 20.2 Å². The predicted octanol–water partition coefficient (Wildman–Crippen LogP) is 1.80. The summed E-state index contributed by atoms with van der Waals surface area (Å²) in [5.41, 5.74) is -0.646. The minimum Gasteiger partial charge on any atom is -0.381 e. The van der Waals surface area contributed by atoms with Gasteiger partial charge in [-0.05, 0) is 25.5 Å². The Balaban J connectivity index is 1.45. The Hall–Kier alpha value is -3.31. The highest BCUT2D eigenvalue weighted by atomic mass is 19.1. The van der Waals surface area contributed by atoms with Gasteiger partial charge in [0.25, 0.3) is 0 Å². The highest BCUT2D eigenvalue weighted by Crippen LogP contribution is 2.34. The van der Waals surface area contributed by atoms with E-state index in [1.807, 2.05) is 22.6 Å². The van der Waals surface area contributed by atoms with Crippen LogP contribution in [0.2, 0.25) is 0 Å². The van der Waals surface area contributed by atoms with Crippen molar-refractivity contribution in [1.29, 1.82) is 0 Å². The molecule has 11 heteroatoms. The molecule has 9 nitrogen and oxygen atoms in total. The molecule has 2 unspecified atom stereocenters. The van der Waals surface area contributed by atoms with Crippen LogP contribution in [-0.4, -0.2) is 64.9 Å². The molecule has 2 aliphatic rings. The first-order valence-corrected chi connectivity index (χ1v) is 10.8. The lowest BCUT2D eigenvalue weighted by Gasteiger charge is -2.42. The van der Waals surface area contributed by atoms with Crippen molar-refractivity contribution in [1.82, 2.24) is 34.4 Å². The van der Waals surface area contributed by atoms with Gasteiger partial charge in [-0.1, -0.05) is 6.07 Å². The molecule has 2 aromatic heterocycles. The zero-order valence-corrected chi connectivity index (χ0v) is 18.1. The Morgan fingerprint density at radius 2 is 2.12 bits per heavy atom. The number of hydrogen-bond donors (Lipinski definition) is 1. The highest BCUT2D eigenvalue weighted by Gasteiger charge is 2.43. The molecule has 0 spiro atoms. The molecule has 2 aliphatic heterocycles. The molecule has 0 bridgehead atoms. The van der Waals surface area contributed by atoms with Crippen molar-refractivity contribution in [3.05, 3.63) is 65.8 Å². The maximum absolute atomic E-state index is 14.8. The molecule has 2 atom stereocenters. The van der Waals surface area contributed by atoms with Gasteiger partial charge >= 0.3 is 0 Å². The second kappa shape index (κ2) is 8.56. The van der Waals surface area contributed by atoms with Gasteiger partial charge in [0.2, 0.25) is 0 Å². The zero-order chi connectivity index (χ0) is 23.0. The average molecular weight is 454 g/mol. The molecule has 0 saturated heterocycles. The summed E-state index contributed by atoms with van der Waals surface area (Å²) in [6.45, 7) is 4.10. The van der Waals surface area contributed by atoms with Gasteiger partial charge in [-0.3, -0.25) is 9.89 Å². The minimum atomic E-state index is -1.70. The van der Waals surface area contributed by atoms with Crippen molar-refractivity contribution in [2.24, 2.45) is 4.99 Å². The molecule has 0 aliphatic carbocycles. The number of aliphatic imine (C=N–C) groups is 1. The third-order valence-electron chi connectivity index (χ3n) is 6.38. The van der Waals surface area contributed by atoms with E-state index in [1.54, 1.807) is 6.21 Å². The maximum atomic E-state index is 14.8. The number of benzene rings is 1. The van der Waals surface area contributed by atoms with Crippen LogP contribution in [0.25, 0.3) is 5.57 Å². The number of nitrogens with zero attached hydrogens (tertiary/aromatic N) is 8. The van der Waals surface area contributed by atoms with E-state index in [9.17, 15) is 13.9 Å². The van der Waals surface area contributed by atoms with Gasteiger partial charge in [-0.25, -0.2) is 28.1 Å². The third kappa shape index (κ3) is 4.09. The summed E-state index contributed by atoms with van der Waals surface area (Å²) in [5.74, 6) is -0.0483. The van der Waals surface area contributed by atoms with Gasteiger partial charge in [0.05, 0.1) is 19.6 Å². The summed E-state index contributed by atoms with van der Waals surface area (Å²) in [6, 6.07) is 2.68. The normalized spacial score (nSPS) is 19.1. The quantitative estimate of drug-likeness (QED) is 0.610. The summed E-state index contributed by atoms with van der Waals surface area (Å²) < 4.78 is 31.8. The molecule has 1 aromatic carbocycles. The van der Waals surface area contributed by atoms with E-state index < -0.39 is 23.3 Å². The number of fused-ring (bicyclic) bond motifs is 1. The van der Waals surface area contributed by atoms with E-state index in [0.29, 0.717) is 25.5 Å². The average Bonchev–Trinajstić information content (AvgIpc) is 3.48. The molecule has 5 rings (SSSR count). The van der Waals surface area contributed by atoms with Crippen LogP contribution in [0, 0.1) is 11.6 Å². The molecule has 0 amide bonds. The standard InChI is InChI=1S/C22H24F2N8O/c1-15(22(33,12-31-14-26-13-27-31)18-3-2-17(23)10-19(18)24)30-8-9-32-20(11-30)28-21(29-32)16-4-6-25-7-5-16/h2-4,6,10,13-15,33H,5,7-9,11-12H2,1H3. The lowest BCUT2D eigenvalue weighted by atomic mass is 9.85. The van der Waals surface area contributed by atoms with Crippen LogP contribution in [0.15, 0.2) is 41.9 Å². The molecule has 0 radical (unpaired) electrons. The largest absolute Gasteiger partial charge is 0.381 e. The first kappa shape index (κ1) is 21.5. The van der Waals surface area contributed by atoms with Crippen molar-refractivity contribution in [3.8, 4) is 0 Å². The lowest BCUT2D eigenvalue weighted by molar-refractivity contribution is -0.0714. The fraction of sp³-hybridized carbons (Fsp3) is 0.409. The molecular formula is C22H24F2N8O. The Morgan fingerprint density at radius 3 is 2.85 bits per heavy atom. The second-order valence-electron chi connectivity index (χ2n) is 8.36. The van der Waals surface area contributed by atoms with Crippen molar-refractivity contribution in [3.63, 3.8) is 0 Å². The molecule has 33 heavy (non-hydrogen) atoms. The highest BCUT2D eigenvalue weighted by molar-refractivity contribution is 5.84. The Bertz CT molecular complexity index is 1210. The van der Waals surface area contributed by atoms with Crippen molar-refractivity contribution < 1.29 is 13.9 Å². The minimum absolute atomic E-state index is 0.00581. The molecule has 3 aromatic rings. The van der Waals surface area contributed by atoms with Crippen molar-refractivity contribution >= 4 is 11.8 Å². The van der Waals surface area contributed by atoms with Crippen LogP contribution in [0.5, 0.6) is 0 Å². The van der Waals surface area contributed by atoms with Crippen molar-refractivity contribution in [2.45, 2.75) is 44.6 Å². The maximum Gasteiger partial charge on any atom is 0.177 e. The van der Waals surface area contributed by atoms with Gasteiger partial charge in [0, 0.05) is 42.5 Å². The third-order valence-corrected chi connectivity index (χ3v) is 6.38. The fourth-order valence-corrected chi connectivity index (χ4v) is 4.44. The predicted molar refractivity (Wildman–Crippen MR) is 116 cm³/mol. The monoisotopic (exact) mass is 454 g/mol. The van der Waals surface area contributed by atoms with Gasteiger partial charge in [0.15, 0.2) is 5.82 Å². The zero-order valence-electron chi connectivity index (χ0n) is 18.1. The number of dihydropyridines is 1. The van der Waals surface area contributed by atoms with E-state index in [0.717, 1.165) is 36.5 Å². The van der Waals surface area contributed by atoms with Crippen LogP contribution in [0.1, 0.15) is 30.6 Å². The van der Waals surface area contributed by atoms with Crippen LogP contribution in [-0.2, 0) is 25.2 Å². The number of aromatic nitrogens is 6. The first-order valence-electron chi connectivity index (χ1n) is 10.8. The number of halogens is 2. The molecule has 1 N–H and O–H groups in total. The summed E-state index contributed by atoms with van der Waals surface area (Å²) in [6.07, 6.45) is 7.30. The van der Waals surface area contributed by atoms with Crippen LogP contribution in [0.3, 0.4) is 0 Å². The topological polar surface area (TPSA) is 97.2 Å². The molecule has 172 valence electrons. The van der Waals surface area contributed by atoms with E-state index >= 15 is 0 Å². The Labute approximate surface area is 189 Å². The first-order chi connectivity index (χ1) is 15.9. The van der Waals surface area contributed by atoms with Crippen LogP contribution in [0.4, 0.5) is 8.78 Å². The Kier molecular flexibility index (Phi) is 5.59. The van der Waals surface area contributed by atoms with E-state index in [1.165, 1.54) is 23.4 Å². The second-order valence-corrected chi connectivity index (χ2v) is 8.36. The van der Waals surface area contributed by atoms with Gasteiger partial charge in [-0.2, -0.15) is 10.2 Å². The number of allylic oxidation sites excluding steroid dienone is 1. The van der Waals surface area contributed by atoms with E-state index in [-0.39, 0.29) is 12.1 Å². The summed E-state index contributed by atoms with van der Waals surface area (Å²) in [7, 11) is 0. The summed E-state index contributed by atoms with van der Waals surface area (Å²) >= 11 is 0. The smallest absolute Gasteiger partial charge is 0.177 e. The Morgan fingerprint density at radius 1 is 1.24 bits per heavy atom. The SMILES string of the molecule is CC(N1CCn2nc(C3=CC=NCC3)nc2C1)C(O)(Cn1cncn1)c1ccc(F)cc1F. The lowest BCUT2D eigenvalue weighted by Crippen LogP contribution is -2.53. The number of rotatable bonds is 6. The molecular weight excluding hydrogens is 430 g/mol. The molecule has 4 heterocycles. The van der Waals surface area contributed by atoms with Gasteiger partial charge in [-0.15, -0.1) is 0 Å². The summed E-state index contributed by atoms with van der Waals surface area (Å²) in [4.78, 5) is 14.9. The molecule has 0 saturated carbocycles. The fourth-order valence-electron chi connectivity index (χ4n) is 4.44. The number of hydrogen-bond acceptors (Lipinski definition) is 7. The van der Waals surface area contributed by atoms with Crippen LogP contribution >= 0.6 is 0 Å².